The summed E-state index contributed by atoms with van der Waals surface area (Å²) in [5.74, 6) is -0.0229. The average molecular weight is 877 g/mol. The molecule has 0 aliphatic rings. The second-order valence-corrected chi connectivity index (χ2v) is 20.4. The molecule has 4 nitrogen and oxygen atoms in total. The Hall–Kier alpha value is -0.610. The van der Waals surface area contributed by atoms with Gasteiger partial charge in [0.2, 0.25) is 5.91 Å². The molecule has 0 aliphatic heterocycles. The van der Waals surface area contributed by atoms with E-state index in [-0.39, 0.29) is 12.5 Å². The van der Waals surface area contributed by atoms with E-state index in [9.17, 15) is 15.0 Å². The minimum absolute atomic E-state index is 0.0229. The van der Waals surface area contributed by atoms with Crippen molar-refractivity contribution in [3.63, 3.8) is 0 Å². The largest absolute Gasteiger partial charge is 0.394 e. The van der Waals surface area contributed by atoms with Crippen molar-refractivity contribution in [3.8, 4) is 0 Å². The fourth-order valence-corrected chi connectivity index (χ4v) is 9.66. The lowest BCUT2D eigenvalue weighted by atomic mass is 10.0. The third-order valence-corrected chi connectivity index (χ3v) is 14.1. The number of aliphatic hydroxyl groups excluding tert-OH is 2. The Bertz CT molecular complexity index is 819. The molecule has 0 aliphatic carbocycles. The summed E-state index contributed by atoms with van der Waals surface area (Å²) in [6, 6.07) is -0.531. The zero-order valence-corrected chi connectivity index (χ0v) is 42.9. The third kappa shape index (κ3) is 50.4. The van der Waals surface area contributed by atoms with Crippen LogP contribution in [0, 0.1) is 0 Å². The summed E-state index contributed by atoms with van der Waals surface area (Å²) in [5.41, 5.74) is 0. The number of carbonyl (C=O) groups is 1. The standard InChI is InChI=1S/C58H117NO3/c1-3-5-7-9-11-13-15-17-19-21-22-23-24-25-26-27-28-29-30-31-32-33-34-35-36-38-39-41-43-45-47-49-51-53-57(61)56(55-60)59-58(62)54-52-50-48-46-44-42-40-37-20-18-16-14-12-10-8-6-4-2/h56-57,60-61H,3-55H2,1-2H3,(H,59,62). The van der Waals surface area contributed by atoms with E-state index in [1.807, 2.05) is 0 Å². The number of carbonyl (C=O) groups excluding carboxylic acids is 1. The van der Waals surface area contributed by atoms with Crippen LogP contribution in [-0.4, -0.2) is 34.9 Å². The summed E-state index contributed by atoms with van der Waals surface area (Å²) in [5, 5.41) is 23.3. The van der Waals surface area contributed by atoms with Crippen LogP contribution in [0.1, 0.15) is 348 Å². The SMILES string of the molecule is CCCCCCCCCCCCCCCCCCCCCCCCCCCCCCCCCCCC(O)C(CO)NC(=O)CCCCCCCCCCCCCCCCCCC. The van der Waals surface area contributed by atoms with Gasteiger partial charge in [0.15, 0.2) is 0 Å². The van der Waals surface area contributed by atoms with Crippen LogP contribution in [0.15, 0.2) is 0 Å². The van der Waals surface area contributed by atoms with Crippen molar-refractivity contribution in [2.75, 3.05) is 6.61 Å². The molecule has 0 rings (SSSR count). The van der Waals surface area contributed by atoms with E-state index in [4.69, 9.17) is 0 Å². The van der Waals surface area contributed by atoms with Crippen LogP contribution in [0.25, 0.3) is 0 Å². The van der Waals surface area contributed by atoms with E-state index in [2.05, 4.69) is 19.2 Å². The van der Waals surface area contributed by atoms with Gasteiger partial charge < -0.3 is 15.5 Å². The number of amides is 1. The number of rotatable bonds is 55. The molecule has 0 bridgehead atoms. The monoisotopic (exact) mass is 876 g/mol. The van der Waals surface area contributed by atoms with Crippen LogP contribution in [0.2, 0.25) is 0 Å². The van der Waals surface area contributed by atoms with Gasteiger partial charge in [-0.1, -0.05) is 328 Å². The molecule has 0 radical (unpaired) electrons. The minimum atomic E-state index is -0.655. The zero-order valence-electron chi connectivity index (χ0n) is 42.9. The van der Waals surface area contributed by atoms with E-state index in [0.717, 1.165) is 25.7 Å². The predicted molar refractivity (Wildman–Crippen MR) is 276 cm³/mol. The second kappa shape index (κ2) is 54.7. The topological polar surface area (TPSA) is 69.6 Å². The van der Waals surface area contributed by atoms with Gasteiger partial charge in [-0.15, -0.1) is 0 Å². The Balaban J connectivity index is 3.36. The second-order valence-electron chi connectivity index (χ2n) is 20.4. The molecule has 62 heavy (non-hydrogen) atoms. The summed E-state index contributed by atoms with van der Waals surface area (Å²) < 4.78 is 0. The smallest absolute Gasteiger partial charge is 0.220 e. The lowest BCUT2D eigenvalue weighted by Gasteiger charge is -2.22. The summed E-state index contributed by atoms with van der Waals surface area (Å²) in [7, 11) is 0. The van der Waals surface area contributed by atoms with Crippen molar-refractivity contribution in [3.05, 3.63) is 0 Å². The molecule has 4 heteroatoms. The number of aliphatic hydroxyl groups is 2. The van der Waals surface area contributed by atoms with Crippen LogP contribution < -0.4 is 5.32 Å². The van der Waals surface area contributed by atoms with E-state index < -0.39 is 12.1 Å². The lowest BCUT2D eigenvalue weighted by Crippen LogP contribution is -2.45. The van der Waals surface area contributed by atoms with Crippen LogP contribution in [0.5, 0.6) is 0 Å². The lowest BCUT2D eigenvalue weighted by molar-refractivity contribution is -0.123. The van der Waals surface area contributed by atoms with E-state index in [1.54, 1.807) is 0 Å². The molecule has 0 fully saturated rings. The molecule has 2 unspecified atom stereocenters. The summed E-state index contributed by atoms with van der Waals surface area (Å²) in [6.07, 6.45) is 69.7. The summed E-state index contributed by atoms with van der Waals surface area (Å²) in [4.78, 5) is 12.5. The Morgan fingerprint density at radius 1 is 0.323 bits per heavy atom. The first-order valence-electron chi connectivity index (χ1n) is 29.2. The van der Waals surface area contributed by atoms with Crippen molar-refractivity contribution in [1.82, 2.24) is 5.32 Å². The highest BCUT2D eigenvalue weighted by molar-refractivity contribution is 5.76. The molecular formula is C58H117NO3. The molecule has 0 saturated carbocycles. The Morgan fingerprint density at radius 3 is 0.726 bits per heavy atom. The van der Waals surface area contributed by atoms with Gasteiger partial charge in [0.1, 0.15) is 0 Å². The maximum Gasteiger partial charge on any atom is 0.220 e. The number of nitrogens with one attached hydrogen (secondary N) is 1. The molecule has 0 aromatic carbocycles. The van der Waals surface area contributed by atoms with Gasteiger partial charge in [0.25, 0.3) is 0 Å². The highest BCUT2D eigenvalue weighted by Crippen LogP contribution is 2.19. The molecule has 0 spiro atoms. The van der Waals surface area contributed by atoms with E-state index in [0.29, 0.717) is 12.8 Å². The molecule has 1 amide bonds. The first-order chi connectivity index (χ1) is 30.7. The quantitative estimate of drug-likeness (QED) is 0.0533. The highest BCUT2D eigenvalue weighted by Gasteiger charge is 2.20. The molecule has 0 aromatic heterocycles. The van der Waals surface area contributed by atoms with E-state index in [1.165, 1.54) is 295 Å². The summed E-state index contributed by atoms with van der Waals surface area (Å²) >= 11 is 0. The maximum atomic E-state index is 12.5. The first kappa shape index (κ1) is 61.4. The normalized spacial score (nSPS) is 12.6. The van der Waals surface area contributed by atoms with Gasteiger partial charge in [-0.25, -0.2) is 0 Å². The Labute approximate surface area is 391 Å². The molecule has 0 saturated heterocycles. The van der Waals surface area contributed by atoms with Gasteiger partial charge >= 0.3 is 0 Å². The maximum absolute atomic E-state index is 12.5. The van der Waals surface area contributed by atoms with Gasteiger partial charge in [0.05, 0.1) is 18.8 Å². The van der Waals surface area contributed by atoms with Crippen LogP contribution >= 0.6 is 0 Å². The van der Waals surface area contributed by atoms with Crippen molar-refractivity contribution < 1.29 is 15.0 Å². The van der Waals surface area contributed by atoms with Crippen LogP contribution in [-0.2, 0) is 4.79 Å². The van der Waals surface area contributed by atoms with Crippen molar-refractivity contribution >= 4 is 5.91 Å². The molecule has 3 N–H and O–H groups in total. The molecule has 2 atom stereocenters. The van der Waals surface area contributed by atoms with Crippen LogP contribution in [0.4, 0.5) is 0 Å². The fourth-order valence-electron chi connectivity index (χ4n) is 9.66. The predicted octanol–water partition coefficient (Wildman–Crippen LogP) is 19.1. The van der Waals surface area contributed by atoms with Crippen LogP contribution in [0.3, 0.4) is 0 Å². The number of hydrogen-bond acceptors (Lipinski definition) is 3. The van der Waals surface area contributed by atoms with Gasteiger partial charge in [-0.2, -0.15) is 0 Å². The Morgan fingerprint density at radius 2 is 0.516 bits per heavy atom. The highest BCUT2D eigenvalue weighted by atomic mass is 16.3. The zero-order chi connectivity index (χ0) is 44.9. The van der Waals surface area contributed by atoms with Gasteiger partial charge in [-0.3, -0.25) is 4.79 Å². The average Bonchev–Trinajstić information content (AvgIpc) is 3.28. The molecule has 372 valence electrons. The first-order valence-corrected chi connectivity index (χ1v) is 29.2. The van der Waals surface area contributed by atoms with Gasteiger partial charge in [0, 0.05) is 6.42 Å². The van der Waals surface area contributed by atoms with Crippen molar-refractivity contribution in [2.24, 2.45) is 0 Å². The van der Waals surface area contributed by atoms with Gasteiger partial charge in [-0.05, 0) is 12.8 Å². The minimum Gasteiger partial charge on any atom is -0.394 e. The molecular weight excluding hydrogens is 759 g/mol. The fraction of sp³-hybridized carbons (Fsp3) is 0.983. The molecule has 0 aromatic rings. The third-order valence-electron chi connectivity index (χ3n) is 14.1. The molecule has 0 heterocycles. The summed E-state index contributed by atoms with van der Waals surface area (Å²) in [6.45, 7) is 4.40. The number of hydrogen-bond donors (Lipinski definition) is 3. The van der Waals surface area contributed by atoms with Crippen molar-refractivity contribution in [1.29, 1.82) is 0 Å². The van der Waals surface area contributed by atoms with Crippen molar-refractivity contribution in [2.45, 2.75) is 360 Å². The Kier molecular flexibility index (Phi) is 54.2. The number of unbranched alkanes of at least 4 members (excludes halogenated alkanes) is 48. The van der Waals surface area contributed by atoms with E-state index >= 15 is 0 Å².